The van der Waals surface area contributed by atoms with Gasteiger partial charge in [-0.2, -0.15) is 12.6 Å². The smallest absolute Gasteiger partial charge is 0.462 e. The van der Waals surface area contributed by atoms with Crippen molar-refractivity contribution in [1.82, 2.24) is 0 Å². The summed E-state index contributed by atoms with van der Waals surface area (Å²) in [6, 6.07) is 0. The summed E-state index contributed by atoms with van der Waals surface area (Å²) in [4.78, 5) is 53.8. The number of aliphatic hydroxyl groups is 4. The zero-order valence-electron chi connectivity index (χ0n) is 34.7. The molecule has 1 aliphatic rings. The summed E-state index contributed by atoms with van der Waals surface area (Å²) in [5.41, 5.74) is 0. The molecule has 8 atom stereocenters. The molecule has 58 heavy (non-hydrogen) atoms. The van der Waals surface area contributed by atoms with Crippen LogP contribution in [-0.4, -0.2) is 109 Å². The number of hydrogen-bond acceptors (Lipinski definition) is 14. The second kappa shape index (κ2) is 33.0. The van der Waals surface area contributed by atoms with Crippen LogP contribution in [-0.2, 0) is 41.8 Å². The molecule has 4 unspecified atom stereocenters. The Hall–Kier alpha value is -0.650. The topological polar surface area (TPSA) is 256 Å². The highest BCUT2D eigenvalue weighted by molar-refractivity contribution is 7.80. The Morgan fingerprint density at radius 2 is 0.897 bits per heavy atom. The molecule has 0 amide bonds. The van der Waals surface area contributed by atoms with Gasteiger partial charge in [-0.05, 0) is 25.0 Å². The van der Waals surface area contributed by atoms with E-state index in [-0.39, 0.29) is 12.8 Å². The molecule has 0 aliphatic heterocycles. The molecular formula is C39H76O16P2S. The van der Waals surface area contributed by atoms with Crippen LogP contribution in [0, 0.1) is 0 Å². The van der Waals surface area contributed by atoms with Crippen LogP contribution in [0.25, 0.3) is 0 Å². The number of rotatable bonds is 37. The monoisotopic (exact) mass is 894 g/mol. The van der Waals surface area contributed by atoms with Crippen molar-refractivity contribution in [2.45, 2.75) is 217 Å². The van der Waals surface area contributed by atoms with Crippen molar-refractivity contribution in [1.29, 1.82) is 0 Å². The van der Waals surface area contributed by atoms with Crippen LogP contribution in [0.15, 0.2) is 0 Å². The molecular weight excluding hydrogens is 818 g/mol. The number of ether oxygens (including phenoxy) is 2. The van der Waals surface area contributed by atoms with Gasteiger partial charge in [0.05, 0.1) is 6.61 Å². The largest absolute Gasteiger partial charge is 0.472 e. The molecule has 1 rings (SSSR count). The average Bonchev–Trinajstić information content (AvgIpc) is 3.17. The Bertz CT molecular complexity index is 1150. The lowest BCUT2D eigenvalue weighted by Gasteiger charge is -2.43. The van der Waals surface area contributed by atoms with Gasteiger partial charge in [-0.15, -0.1) is 0 Å². The minimum atomic E-state index is -5.30. The van der Waals surface area contributed by atoms with Crippen molar-refractivity contribution >= 4 is 40.2 Å². The first-order valence-electron chi connectivity index (χ1n) is 21.7. The van der Waals surface area contributed by atoms with Gasteiger partial charge in [-0.25, -0.2) is 9.13 Å². The highest BCUT2D eigenvalue weighted by Gasteiger charge is 2.54. The van der Waals surface area contributed by atoms with Crippen molar-refractivity contribution in [3.05, 3.63) is 0 Å². The van der Waals surface area contributed by atoms with Crippen molar-refractivity contribution in [3.63, 3.8) is 0 Å². The first-order valence-corrected chi connectivity index (χ1v) is 25.4. The van der Waals surface area contributed by atoms with E-state index in [0.717, 1.165) is 63.5 Å². The van der Waals surface area contributed by atoms with E-state index >= 15 is 0 Å². The first kappa shape index (κ1) is 55.4. The minimum absolute atomic E-state index is 0.0552. The van der Waals surface area contributed by atoms with Crippen LogP contribution < -0.4 is 0 Å². The molecule has 0 bridgehead atoms. The summed E-state index contributed by atoms with van der Waals surface area (Å²) < 4.78 is 49.0. The van der Waals surface area contributed by atoms with E-state index in [0.29, 0.717) is 12.8 Å². The van der Waals surface area contributed by atoms with Gasteiger partial charge < -0.3 is 44.6 Å². The second-order valence-electron chi connectivity index (χ2n) is 15.5. The van der Waals surface area contributed by atoms with E-state index in [4.69, 9.17) is 28.3 Å². The molecule has 0 aromatic rings. The molecule has 7 N–H and O–H groups in total. The molecule has 1 aliphatic carbocycles. The maximum atomic E-state index is 12.9. The Labute approximate surface area is 351 Å². The van der Waals surface area contributed by atoms with Crippen LogP contribution in [0.5, 0.6) is 0 Å². The highest BCUT2D eigenvalue weighted by atomic mass is 32.1. The van der Waals surface area contributed by atoms with Gasteiger partial charge in [0.2, 0.25) is 0 Å². The van der Waals surface area contributed by atoms with Crippen LogP contribution in [0.1, 0.15) is 174 Å². The number of phosphoric ester groups is 2. The molecule has 0 saturated heterocycles. The van der Waals surface area contributed by atoms with Crippen molar-refractivity contribution in [3.8, 4) is 0 Å². The zero-order valence-corrected chi connectivity index (χ0v) is 37.4. The third kappa shape index (κ3) is 27.3. The van der Waals surface area contributed by atoms with E-state index in [1.807, 2.05) is 0 Å². The van der Waals surface area contributed by atoms with Crippen LogP contribution in [0.3, 0.4) is 0 Å². The molecule has 0 heterocycles. The summed E-state index contributed by atoms with van der Waals surface area (Å²) in [6.45, 7) is 0.905. The van der Waals surface area contributed by atoms with Gasteiger partial charge in [-0.1, -0.05) is 142 Å². The Morgan fingerprint density at radius 1 is 0.534 bits per heavy atom. The molecule has 1 saturated carbocycles. The number of carbonyl (C=O) groups excluding carboxylic acids is 2. The van der Waals surface area contributed by atoms with Gasteiger partial charge in [0.1, 0.15) is 43.2 Å². The standard InChI is InChI=1S/C39H76O16P2S/c1-2-3-4-5-6-7-8-9-11-15-18-21-24-27-33(41)53-31(29-51-32(40)26-23-20-17-14-12-10-13-16-19-22-25-28-58)30-52-57(49,50)55-39-36(44)34(42)38(35(43)37(39)45)54-56(46,47)48/h31,34-39,42-45,58H,2-30H2,1H3,(H,49,50)(H2,46,47,48)/t31-,34-,35+,36?,37-,38?,39?/m1/s1. The number of hydrogen-bond donors (Lipinski definition) is 8. The highest BCUT2D eigenvalue weighted by Crippen LogP contribution is 2.48. The number of phosphoric acid groups is 2. The Balaban J connectivity index is 2.61. The quantitative estimate of drug-likeness (QED) is 0.0136. The Morgan fingerprint density at radius 3 is 1.29 bits per heavy atom. The number of thiol groups is 1. The normalized spacial score (nSPS) is 22.7. The number of esters is 2. The number of aliphatic hydroxyl groups excluding tert-OH is 4. The van der Waals surface area contributed by atoms with Crippen LogP contribution in [0.2, 0.25) is 0 Å². The third-order valence-electron chi connectivity index (χ3n) is 10.2. The Kier molecular flexibility index (Phi) is 31.5. The summed E-state index contributed by atoms with van der Waals surface area (Å²) in [5.74, 6) is -0.254. The molecule has 19 heteroatoms. The fraction of sp³-hybridized carbons (Fsp3) is 0.949. The van der Waals surface area contributed by atoms with E-state index in [1.165, 1.54) is 83.5 Å². The van der Waals surface area contributed by atoms with Gasteiger partial charge in [0, 0.05) is 12.8 Å². The number of carbonyl (C=O) groups is 2. The van der Waals surface area contributed by atoms with Crippen LogP contribution >= 0.6 is 28.3 Å². The lowest BCUT2D eigenvalue weighted by atomic mass is 9.85. The summed E-state index contributed by atoms with van der Waals surface area (Å²) >= 11 is 4.24. The lowest BCUT2D eigenvalue weighted by molar-refractivity contribution is -0.216. The van der Waals surface area contributed by atoms with Crippen molar-refractivity contribution in [2.24, 2.45) is 0 Å². The molecule has 0 radical (unpaired) electrons. The first-order chi connectivity index (χ1) is 27.6. The summed E-state index contributed by atoms with van der Waals surface area (Å²) in [7, 11) is -10.6. The van der Waals surface area contributed by atoms with Crippen molar-refractivity contribution < 1.29 is 76.9 Å². The molecule has 0 spiro atoms. The predicted molar refractivity (Wildman–Crippen MR) is 222 cm³/mol. The van der Waals surface area contributed by atoms with Crippen molar-refractivity contribution in [2.75, 3.05) is 19.0 Å². The molecule has 0 aromatic carbocycles. The molecule has 16 nitrogen and oxygen atoms in total. The second-order valence-corrected chi connectivity index (χ2v) is 18.6. The van der Waals surface area contributed by atoms with Crippen LogP contribution in [0.4, 0.5) is 0 Å². The van der Waals surface area contributed by atoms with Gasteiger partial charge in [0.15, 0.2) is 6.10 Å². The third-order valence-corrected chi connectivity index (χ3v) is 12.1. The number of unbranched alkanes of at least 4 members (excludes halogenated alkanes) is 22. The SMILES string of the molecule is CCCCCCCCCCCCCCCC(=O)O[C@H](COC(=O)CCCCCCCCCCCCCS)COP(=O)(O)OC1C(O)[C@@H](O)C(OP(=O)(O)O)[C@@H](O)[C@H]1O. The minimum Gasteiger partial charge on any atom is -0.462 e. The fourth-order valence-corrected chi connectivity index (χ4v) is 8.59. The molecule has 344 valence electrons. The summed E-state index contributed by atoms with van der Waals surface area (Å²) in [5, 5.41) is 41.3. The van der Waals surface area contributed by atoms with Gasteiger partial charge in [-0.3, -0.25) is 23.2 Å². The predicted octanol–water partition coefficient (Wildman–Crippen LogP) is 6.97. The average molecular weight is 895 g/mol. The lowest BCUT2D eigenvalue weighted by Crippen LogP contribution is -2.64. The maximum absolute atomic E-state index is 12.9. The summed E-state index contributed by atoms with van der Waals surface area (Å²) in [6.07, 6.45) is 12.0. The molecule has 1 fully saturated rings. The molecule has 0 aromatic heterocycles. The van der Waals surface area contributed by atoms with E-state index in [9.17, 15) is 44.0 Å². The zero-order chi connectivity index (χ0) is 43.2. The fourth-order valence-electron chi connectivity index (χ4n) is 6.83. The van der Waals surface area contributed by atoms with E-state index in [2.05, 4.69) is 24.1 Å². The van der Waals surface area contributed by atoms with Gasteiger partial charge >= 0.3 is 27.6 Å². The maximum Gasteiger partial charge on any atom is 0.472 e. The van der Waals surface area contributed by atoms with E-state index in [1.54, 1.807) is 0 Å². The van der Waals surface area contributed by atoms with E-state index < -0.39 is 83.5 Å². The van der Waals surface area contributed by atoms with Gasteiger partial charge in [0.25, 0.3) is 0 Å².